The van der Waals surface area contributed by atoms with Crippen LogP contribution in [0.1, 0.15) is 27.4 Å². The van der Waals surface area contributed by atoms with Crippen LogP contribution >= 0.6 is 0 Å². The van der Waals surface area contributed by atoms with Crippen LogP contribution in [0.5, 0.6) is 0 Å². The fourth-order valence-corrected chi connectivity index (χ4v) is 3.88. The van der Waals surface area contributed by atoms with Gasteiger partial charge < -0.3 is 14.6 Å². The van der Waals surface area contributed by atoms with Gasteiger partial charge in [-0.2, -0.15) is 0 Å². The molecular weight excluding hydrogens is 388 g/mol. The van der Waals surface area contributed by atoms with Crippen molar-refractivity contribution in [3.05, 3.63) is 108 Å². The Morgan fingerprint density at radius 3 is 2.06 bits per heavy atom. The Kier molecular flexibility index (Phi) is 6.13. The molecule has 0 aliphatic heterocycles. The number of benzene rings is 3. The van der Waals surface area contributed by atoms with Gasteiger partial charge in [0.1, 0.15) is 6.54 Å². The summed E-state index contributed by atoms with van der Waals surface area (Å²) in [6, 6.07) is 27.8. The molecular formula is C26H24N2O3. The van der Waals surface area contributed by atoms with Crippen LogP contribution in [0, 0.1) is 0 Å². The van der Waals surface area contributed by atoms with Gasteiger partial charge in [-0.25, -0.2) is 4.79 Å². The van der Waals surface area contributed by atoms with Crippen LogP contribution < -0.4 is 5.32 Å². The second kappa shape index (κ2) is 9.30. The molecule has 3 aromatic carbocycles. The van der Waals surface area contributed by atoms with Crippen molar-refractivity contribution >= 4 is 22.8 Å². The van der Waals surface area contributed by atoms with Gasteiger partial charge >= 0.3 is 5.97 Å². The largest absolute Gasteiger partial charge is 0.465 e. The molecule has 0 spiro atoms. The summed E-state index contributed by atoms with van der Waals surface area (Å²) >= 11 is 0. The monoisotopic (exact) mass is 412 g/mol. The van der Waals surface area contributed by atoms with E-state index in [1.807, 2.05) is 60.7 Å². The molecule has 0 unspecified atom stereocenters. The lowest BCUT2D eigenvalue weighted by Gasteiger charge is -2.19. The molecule has 1 amide bonds. The number of carbonyl (C=O) groups is 2. The number of methoxy groups -OCH3 is 1. The van der Waals surface area contributed by atoms with Crippen molar-refractivity contribution in [2.45, 2.75) is 12.5 Å². The molecule has 4 rings (SSSR count). The lowest BCUT2D eigenvalue weighted by atomic mass is 9.91. The fourth-order valence-electron chi connectivity index (χ4n) is 3.88. The first kappa shape index (κ1) is 20.4. The van der Waals surface area contributed by atoms with Crippen LogP contribution in [0.15, 0.2) is 91.1 Å². The molecule has 0 fully saturated rings. The van der Waals surface area contributed by atoms with Gasteiger partial charge in [0.15, 0.2) is 0 Å². The van der Waals surface area contributed by atoms with E-state index < -0.39 is 5.97 Å². The highest BCUT2D eigenvalue weighted by molar-refractivity contribution is 6.04. The maximum atomic E-state index is 12.8. The topological polar surface area (TPSA) is 60.3 Å². The van der Waals surface area contributed by atoms with Crippen LogP contribution in [0.2, 0.25) is 0 Å². The number of rotatable bonds is 7. The number of ether oxygens (including phenoxy) is 1. The van der Waals surface area contributed by atoms with E-state index in [9.17, 15) is 9.59 Å². The molecule has 0 saturated heterocycles. The molecule has 5 nitrogen and oxygen atoms in total. The Balaban J connectivity index is 1.53. The first-order valence-corrected chi connectivity index (χ1v) is 10.2. The van der Waals surface area contributed by atoms with Crippen molar-refractivity contribution in [3.63, 3.8) is 0 Å². The first-order chi connectivity index (χ1) is 15.2. The van der Waals surface area contributed by atoms with Crippen LogP contribution in [0.4, 0.5) is 0 Å². The second-order valence-electron chi connectivity index (χ2n) is 7.36. The molecule has 0 radical (unpaired) electrons. The smallest absolute Gasteiger partial charge is 0.340 e. The normalized spacial score (nSPS) is 10.9. The standard InChI is InChI=1S/C26H24N2O3/c1-31-26(30)23-17-28(24-15-9-8-14-21(23)24)18-25(29)27-16-22(19-10-4-2-5-11-19)20-12-6-3-7-13-20/h2-15,17,22H,16,18H2,1H3,(H,27,29). The minimum Gasteiger partial charge on any atom is -0.465 e. The summed E-state index contributed by atoms with van der Waals surface area (Å²) < 4.78 is 6.68. The SMILES string of the molecule is COC(=O)c1cn(CC(=O)NCC(c2ccccc2)c2ccccc2)c2ccccc12. The van der Waals surface area contributed by atoms with Crippen molar-refractivity contribution in [1.29, 1.82) is 0 Å². The van der Waals surface area contributed by atoms with E-state index >= 15 is 0 Å². The first-order valence-electron chi connectivity index (χ1n) is 10.2. The molecule has 0 atom stereocenters. The van der Waals surface area contributed by atoms with Gasteiger partial charge in [-0.3, -0.25) is 4.79 Å². The van der Waals surface area contributed by atoms with Crippen molar-refractivity contribution in [2.24, 2.45) is 0 Å². The summed E-state index contributed by atoms with van der Waals surface area (Å²) in [5, 5.41) is 3.84. The van der Waals surface area contributed by atoms with Crippen LogP contribution in [-0.4, -0.2) is 30.1 Å². The molecule has 31 heavy (non-hydrogen) atoms. The number of aromatic nitrogens is 1. The predicted molar refractivity (Wildman–Crippen MR) is 121 cm³/mol. The van der Waals surface area contributed by atoms with Crippen molar-refractivity contribution in [3.8, 4) is 0 Å². The summed E-state index contributed by atoms with van der Waals surface area (Å²) in [4.78, 5) is 24.9. The van der Waals surface area contributed by atoms with Crippen LogP contribution in [0.3, 0.4) is 0 Å². The highest BCUT2D eigenvalue weighted by atomic mass is 16.5. The van der Waals surface area contributed by atoms with E-state index in [1.165, 1.54) is 7.11 Å². The molecule has 156 valence electrons. The average Bonchev–Trinajstić information content (AvgIpc) is 3.18. The highest BCUT2D eigenvalue weighted by Crippen LogP contribution is 2.24. The quantitative estimate of drug-likeness (QED) is 0.459. The molecule has 0 saturated carbocycles. The number of nitrogens with one attached hydrogen (secondary N) is 1. The number of hydrogen-bond acceptors (Lipinski definition) is 3. The highest BCUT2D eigenvalue weighted by Gasteiger charge is 2.18. The summed E-state index contributed by atoms with van der Waals surface area (Å²) in [5.74, 6) is -0.476. The van der Waals surface area contributed by atoms with Crippen molar-refractivity contribution < 1.29 is 14.3 Å². The maximum Gasteiger partial charge on any atom is 0.340 e. The molecule has 1 N–H and O–H groups in total. The molecule has 0 aliphatic carbocycles. The third-order valence-corrected chi connectivity index (χ3v) is 5.42. The maximum absolute atomic E-state index is 12.8. The Morgan fingerprint density at radius 2 is 1.45 bits per heavy atom. The van der Waals surface area contributed by atoms with E-state index in [-0.39, 0.29) is 18.4 Å². The number of carbonyl (C=O) groups excluding carboxylic acids is 2. The summed E-state index contributed by atoms with van der Waals surface area (Å²) in [5.41, 5.74) is 3.57. The van der Waals surface area contributed by atoms with Crippen LogP contribution in [0.25, 0.3) is 10.9 Å². The predicted octanol–water partition coefficient (Wildman–Crippen LogP) is 4.38. The average molecular weight is 412 g/mol. The lowest BCUT2D eigenvalue weighted by Crippen LogP contribution is -2.31. The number of esters is 1. The number of hydrogen-bond donors (Lipinski definition) is 1. The number of nitrogens with zero attached hydrogens (tertiary/aromatic N) is 1. The Labute approximate surface area is 181 Å². The third kappa shape index (κ3) is 4.51. The molecule has 1 heterocycles. The zero-order valence-electron chi connectivity index (χ0n) is 17.3. The minimum absolute atomic E-state index is 0.0541. The third-order valence-electron chi connectivity index (χ3n) is 5.42. The van der Waals surface area contributed by atoms with Gasteiger partial charge in [-0.1, -0.05) is 78.9 Å². The van der Waals surface area contributed by atoms with Gasteiger partial charge in [0.2, 0.25) is 5.91 Å². The molecule has 1 aromatic heterocycles. The summed E-state index contributed by atoms with van der Waals surface area (Å²) in [6.45, 7) is 0.601. The molecule has 0 bridgehead atoms. The van der Waals surface area contributed by atoms with Gasteiger partial charge in [-0.05, 0) is 17.2 Å². The van der Waals surface area contributed by atoms with Gasteiger partial charge in [0.25, 0.3) is 0 Å². The summed E-state index contributed by atoms with van der Waals surface area (Å²) in [6.07, 6.45) is 1.68. The number of amides is 1. The van der Waals surface area contributed by atoms with Crippen LogP contribution in [-0.2, 0) is 16.1 Å². The number of fused-ring (bicyclic) bond motifs is 1. The van der Waals surface area contributed by atoms with E-state index in [0.717, 1.165) is 22.0 Å². The van der Waals surface area contributed by atoms with E-state index in [4.69, 9.17) is 4.74 Å². The lowest BCUT2D eigenvalue weighted by molar-refractivity contribution is -0.121. The molecule has 5 heteroatoms. The minimum atomic E-state index is -0.413. The van der Waals surface area contributed by atoms with Gasteiger partial charge in [0, 0.05) is 29.6 Å². The van der Waals surface area contributed by atoms with Gasteiger partial charge in [0.05, 0.1) is 12.7 Å². The second-order valence-corrected chi connectivity index (χ2v) is 7.36. The fraction of sp³-hybridized carbons (Fsp3) is 0.154. The van der Waals surface area contributed by atoms with Crippen molar-refractivity contribution in [2.75, 3.05) is 13.7 Å². The molecule has 0 aliphatic rings. The summed E-state index contributed by atoms with van der Waals surface area (Å²) in [7, 11) is 1.36. The Hall–Kier alpha value is -3.86. The van der Waals surface area contributed by atoms with E-state index in [1.54, 1.807) is 10.8 Å². The van der Waals surface area contributed by atoms with Crippen molar-refractivity contribution in [1.82, 2.24) is 9.88 Å². The molecule has 4 aromatic rings. The van der Waals surface area contributed by atoms with E-state index in [2.05, 4.69) is 29.6 Å². The van der Waals surface area contributed by atoms with E-state index in [0.29, 0.717) is 12.1 Å². The Morgan fingerprint density at radius 1 is 0.871 bits per heavy atom. The number of para-hydroxylation sites is 1. The zero-order valence-corrected chi connectivity index (χ0v) is 17.3. The van der Waals surface area contributed by atoms with Gasteiger partial charge in [-0.15, -0.1) is 0 Å². The Bertz CT molecular complexity index is 1140. The zero-order chi connectivity index (χ0) is 21.6.